The highest BCUT2D eigenvalue weighted by Crippen LogP contribution is 2.14. The number of rotatable bonds is 8. The van der Waals surface area contributed by atoms with Gasteiger partial charge in [0.1, 0.15) is 5.76 Å². The lowest BCUT2D eigenvalue weighted by Gasteiger charge is -2.14. The van der Waals surface area contributed by atoms with Crippen molar-refractivity contribution >= 4 is 29.4 Å². The van der Waals surface area contributed by atoms with Crippen LogP contribution >= 0.6 is 11.8 Å². The number of hydrogen-bond donors (Lipinski definition) is 3. The SMILES string of the molecule is Cc1cc(NC(=O)C(C)SCC(=O)NCC(N)c2ccccc2)no1. The molecule has 2 amide bonds. The molecular weight excluding hydrogens is 340 g/mol. The molecule has 0 spiro atoms. The van der Waals surface area contributed by atoms with Gasteiger partial charge in [-0.05, 0) is 19.4 Å². The van der Waals surface area contributed by atoms with Crippen molar-refractivity contribution in [1.82, 2.24) is 10.5 Å². The number of anilines is 1. The first-order valence-corrected chi connectivity index (χ1v) is 8.93. The van der Waals surface area contributed by atoms with Crippen LogP contribution in [-0.4, -0.2) is 34.5 Å². The number of nitrogens with one attached hydrogen (secondary N) is 2. The molecule has 0 bridgehead atoms. The van der Waals surface area contributed by atoms with Crippen LogP contribution in [0.3, 0.4) is 0 Å². The van der Waals surface area contributed by atoms with E-state index in [1.165, 1.54) is 11.8 Å². The number of nitrogens with two attached hydrogens (primary N) is 1. The molecule has 1 aromatic heterocycles. The maximum absolute atomic E-state index is 12.0. The fraction of sp³-hybridized carbons (Fsp3) is 0.353. The Morgan fingerprint density at radius 3 is 2.68 bits per heavy atom. The summed E-state index contributed by atoms with van der Waals surface area (Å²) in [5.41, 5.74) is 7.00. The van der Waals surface area contributed by atoms with Gasteiger partial charge in [-0.15, -0.1) is 11.8 Å². The number of aromatic nitrogens is 1. The Balaban J connectivity index is 1.69. The summed E-state index contributed by atoms with van der Waals surface area (Å²) >= 11 is 1.24. The van der Waals surface area contributed by atoms with E-state index in [9.17, 15) is 9.59 Å². The standard InChI is InChI=1S/C17H22N4O3S/c1-11-8-15(21-24-11)20-17(23)12(2)25-10-16(22)19-9-14(18)13-6-4-3-5-7-13/h3-8,12,14H,9-10,18H2,1-2H3,(H,19,22)(H,20,21,23). The van der Waals surface area contributed by atoms with Crippen molar-refractivity contribution in [2.45, 2.75) is 25.1 Å². The smallest absolute Gasteiger partial charge is 0.238 e. The van der Waals surface area contributed by atoms with E-state index in [-0.39, 0.29) is 23.6 Å². The highest BCUT2D eigenvalue weighted by Gasteiger charge is 2.17. The molecule has 2 rings (SSSR count). The first-order chi connectivity index (χ1) is 12.0. The minimum atomic E-state index is -0.398. The molecule has 0 aliphatic carbocycles. The molecule has 0 aliphatic heterocycles. The van der Waals surface area contributed by atoms with Crippen molar-refractivity contribution in [2.75, 3.05) is 17.6 Å². The zero-order chi connectivity index (χ0) is 18.2. The number of nitrogens with zero attached hydrogens (tertiary/aromatic N) is 1. The molecule has 134 valence electrons. The summed E-state index contributed by atoms with van der Waals surface area (Å²) in [6, 6.07) is 10.9. The Kier molecular flexibility index (Phi) is 7.03. The quantitative estimate of drug-likeness (QED) is 0.661. The van der Waals surface area contributed by atoms with Gasteiger partial charge in [-0.25, -0.2) is 0 Å². The summed E-state index contributed by atoms with van der Waals surface area (Å²) in [6.45, 7) is 3.82. The van der Waals surface area contributed by atoms with Gasteiger partial charge in [-0.2, -0.15) is 0 Å². The van der Waals surface area contributed by atoms with E-state index in [1.807, 2.05) is 30.3 Å². The molecule has 2 aromatic rings. The van der Waals surface area contributed by atoms with Gasteiger partial charge in [-0.3, -0.25) is 9.59 Å². The third-order valence-electron chi connectivity index (χ3n) is 3.46. The number of thioether (sulfide) groups is 1. The molecule has 8 heteroatoms. The summed E-state index contributed by atoms with van der Waals surface area (Å²) in [7, 11) is 0. The summed E-state index contributed by atoms with van der Waals surface area (Å²) in [6.07, 6.45) is 0. The van der Waals surface area contributed by atoms with Crippen LogP contribution < -0.4 is 16.4 Å². The van der Waals surface area contributed by atoms with E-state index < -0.39 is 5.25 Å². The number of amides is 2. The summed E-state index contributed by atoms with van der Waals surface area (Å²) in [4.78, 5) is 23.9. The van der Waals surface area contributed by atoms with Crippen LogP contribution in [0.2, 0.25) is 0 Å². The van der Waals surface area contributed by atoms with Crippen LogP contribution in [0.4, 0.5) is 5.82 Å². The monoisotopic (exact) mass is 362 g/mol. The molecule has 1 heterocycles. The highest BCUT2D eigenvalue weighted by atomic mass is 32.2. The summed E-state index contributed by atoms with van der Waals surface area (Å²) < 4.78 is 4.89. The van der Waals surface area contributed by atoms with E-state index in [4.69, 9.17) is 10.3 Å². The summed E-state index contributed by atoms with van der Waals surface area (Å²) in [5.74, 6) is 0.770. The summed E-state index contributed by atoms with van der Waals surface area (Å²) in [5, 5.41) is 8.73. The lowest BCUT2D eigenvalue weighted by molar-refractivity contribution is -0.118. The average molecular weight is 362 g/mol. The molecule has 4 N–H and O–H groups in total. The van der Waals surface area contributed by atoms with Crippen LogP contribution in [0.15, 0.2) is 40.9 Å². The first kappa shape index (κ1) is 19.0. The van der Waals surface area contributed by atoms with Crippen molar-refractivity contribution in [3.05, 3.63) is 47.7 Å². The van der Waals surface area contributed by atoms with Gasteiger partial charge in [0.05, 0.1) is 11.0 Å². The predicted molar refractivity (Wildman–Crippen MR) is 98.2 cm³/mol. The van der Waals surface area contributed by atoms with Gasteiger partial charge in [0.15, 0.2) is 5.82 Å². The third kappa shape index (κ3) is 6.24. The fourth-order valence-corrected chi connectivity index (χ4v) is 2.74. The Hall–Kier alpha value is -2.32. The third-order valence-corrected chi connectivity index (χ3v) is 4.60. The largest absolute Gasteiger partial charge is 0.360 e. The number of hydrogen-bond acceptors (Lipinski definition) is 6. The Bertz CT molecular complexity index is 705. The van der Waals surface area contributed by atoms with Gasteiger partial charge < -0.3 is 20.9 Å². The highest BCUT2D eigenvalue weighted by molar-refractivity contribution is 8.01. The average Bonchev–Trinajstić information content (AvgIpc) is 3.02. The van der Waals surface area contributed by atoms with Gasteiger partial charge >= 0.3 is 0 Å². The molecule has 1 aromatic carbocycles. The first-order valence-electron chi connectivity index (χ1n) is 7.88. The van der Waals surface area contributed by atoms with E-state index in [1.54, 1.807) is 19.9 Å². The van der Waals surface area contributed by atoms with Gasteiger partial charge in [0, 0.05) is 18.7 Å². The Morgan fingerprint density at radius 1 is 1.32 bits per heavy atom. The maximum Gasteiger partial charge on any atom is 0.238 e. The van der Waals surface area contributed by atoms with Crippen molar-refractivity contribution in [3.8, 4) is 0 Å². The normalized spacial score (nSPS) is 13.1. The van der Waals surface area contributed by atoms with Crippen molar-refractivity contribution in [2.24, 2.45) is 5.73 Å². The van der Waals surface area contributed by atoms with Gasteiger partial charge in [-0.1, -0.05) is 35.5 Å². The molecule has 0 radical (unpaired) electrons. The molecule has 0 aliphatic rings. The molecule has 2 atom stereocenters. The molecular formula is C17H22N4O3S. The molecule has 25 heavy (non-hydrogen) atoms. The van der Waals surface area contributed by atoms with E-state index in [0.717, 1.165) is 5.56 Å². The van der Waals surface area contributed by atoms with E-state index >= 15 is 0 Å². The zero-order valence-corrected chi connectivity index (χ0v) is 15.0. The number of aryl methyl sites for hydroxylation is 1. The van der Waals surface area contributed by atoms with Gasteiger partial charge in [0.2, 0.25) is 11.8 Å². The number of carbonyl (C=O) groups excluding carboxylic acids is 2. The van der Waals surface area contributed by atoms with E-state index in [2.05, 4.69) is 15.8 Å². The van der Waals surface area contributed by atoms with E-state index in [0.29, 0.717) is 18.1 Å². The van der Waals surface area contributed by atoms with Crippen molar-refractivity contribution in [3.63, 3.8) is 0 Å². The molecule has 7 nitrogen and oxygen atoms in total. The number of benzene rings is 1. The van der Waals surface area contributed by atoms with Crippen LogP contribution in [0.5, 0.6) is 0 Å². The van der Waals surface area contributed by atoms with Gasteiger partial charge in [0.25, 0.3) is 0 Å². The molecule has 0 saturated heterocycles. The second-order valence-electron chi connectivity index (χ2n) is 5.59. The zero-order valence-electron chi connectivity index (χ0n) is 14.2. The minimum Gasteiger partial charge on any atom is -0.360 e. The van der Waals surface area contributed by atoms with Crippen LogP contribution in [-0.2, 0) is 9.59 Å². The number of carbonyl (C=O) groups is 2. The van der Waals surface area contributed by atoms with Crippen molar-refractivity contribution in [1.29, 1.82) is 0 Å². The lowest BCUT2D eigenvalue weighted by atomic mass is 10.1. The van der Waals surface area contributed by atoms with Crippen LogP contribution in [0, 0.1) is 6.92 Å². The lowest BCUT2D eigenvalue weighted by Crippen LogP contribution is -2.34. The van der Waals surface area contributed by atoms with Crippen LogP contribution in [0.1, 0.15) is 24.3 Å². The predicted octanol–water partition coefficient (Wildman–Crippen LogP) is 1.86. The topological polar surface area (TPSA) is 110 Å². The van der Waals surface area contributed by atoms with Crippen LogP contribution in [0.25, 0.3) is 0 Å². The molecule has 0 saturated carbocycles. The second kappa shape index (κ2) is 9.24. The minimum absolute atomic E-state index is 0.159. The molecule has 0 fully saturated rings. The molecule has 2 unspecified atom stereocenters. The second-order valence-corrected chi connectivity index (χ2v) is 6.92. The fourth-order valence-electron chi connectivity index (χ4n) is 2.02. The Labute approximate surface area is 150 Å². The van der Waals surface area contributed by atoms with Crippen molar-refractivity contribution < 1.29 is 14.1 Å². The maximum atomic E-state index is 12.0. The Morgan fingerprint density at radius 2 is 2.04 bits per heavy atom.